The van der Waals surface area contributed by atoms with Gasteiger partial charge in [-0.25, -0.2) is 8.78 Å². The first-order valence-corrected chi connectivity index (χ1v) is 3.80. The van der Waals surface area contributed by atoms with Crippen molar-refractivity contribution in [2.75, 3.05) is 0 Å². The van der Waals surface area contributed by atoms with Crippen LogP contribution in [-0.2, 0) is 12.3 Å². The molecule has 0 aliphatic carbocycles. The maximum atomic E-state index is 12.4. The number of aromatic nitrogens is 2. The van der Waals surface area contributed by atoms with Crippen molar-refractivity contribution in [1.82, 2.24) is 10.2 Å². The molecule has 0 atom stereocenters. The Morgan fingerprint density at radius 1 is 1.42 bits per heavy atom. The standard InChI is InChI=1S/C6H7ClF2N2O/c1-6(8,9)2-4-10-11-5(3-7)12-4/h2-3H2,1H3. The van der Waals surface area contributed by atoms with Crippen molar-refractivity contribution >= 4 is 11.6 Å². The van der Waals surface area contributed by atoms with Crippen LogP contribution in [0.5, 0.6) is 0 Å². The average Bonchev–Trinajstić information content (AvgIpc) is 2.32. The number of halogens is 3. The topological polar surface area (TPSA) is 38.9 Å². The second-order valence-corrected chi connectivity index (χ2v) is 2.74. The molecule has 1 aromatic rings. The molecule has 68 valence electrons. The van der Waals surface area contributed by atoms with Gasteiger partial charge in [0.2, 0.25) is 11.8 Å². The Labute approximate surface area is 72.7 Å². The van der Waals surface area contributed by atoms with E-state index in [1.165, 1.54) is 0 Å². The predicted molar refractivity (Wildman–Crippen MR) is 38.2 cm³/mol. The molecule has 1 aromatic heterocycles. The van der Waals surface area contributed by atoms with Gasteiger partial charge in [0, 0.05) is 0 Å². The highest BCUT2D eigenvalue weighted by Gasteiger charge is 2.25. The van der Waals surface area contributed by atoms with E-state index >= 15 is 0 Å². The molecular formula is C6H7ClF2N2O. The van der Waals surface area contributed by atoms with Gasteiger partial charge in [0.25, 0.3) is 5.92 Å². The maximum absolute atomic E-state index is 12.4. The molecule has 0 N–H and O–H groups in total. The first-order chi connectivity index (χ1) is 5.51. The Bertz CT molecular complexity index is 258. The van der Waals surface area contributed by atoms with Gasteiger partial charge in [-0.05, 0) is 6.92 Å². The van der Waals surface area contributed by atoms with E-state index in [0.29, 0.717) is 0 Å². The van der Waals surface area contributed by atoms with Crippen LogP contribution in [0, 0.1) is 0 Å². The Morgan fingerprint density at radius 2 is 2.00 bits per heavy atom. The summed E-state index contributed by atoms with van der Waals surface area (Å²) in [5.74, 6) is -2.70. The molecule has 3 nitrogen and oxygen atoms in total. The van der Waals surface area contributed by atoms with E-state index in [9.17, 15) is 8.78 Å². The fourth-order valence-electron chi connectivity index (χ4n) is 0.679. The minimum absolute atomic E-state index is 0.0439. The zero-order valence-corrected chi connectivity index (χ0v) is 7.11. The number of hydrogen-bond acceptors (Lipinski definition) is 3. The fraction of sp³-hybridized carbons (Fsp3) is 0.667. The number of alkyl halides is 3. The monoisotopic (exact) mass is 196 g/mol. The normalized spacial score (nSPS) is 12.0. The Balaban J connectivity index is 2.64. The van der Waals surface area contributed by atoms with Gasteiger partial charge in [-0.15, -0.1) is 21.8 Å². The highest BCUT2D eigenvalue weighted by atomic mass is 35.5. The van der Waals surface area contributed by atoms with Gasteiger partial charge >= 0.3 is 0 Å². The molecule has 1 rings (SSSR count). The Hall–Kier alpha value is -0.710. The first kappa shape index (κ1) is 9.38. The van der Waals surface area contributed by atoms with Crippen LogP contribution < -0.4 is 0 Å². The van der Waals surface area contributed by atoms with Crippen molar-refractivity contribution < 1.29 is 13.2 Å². The number of nitrogens with zero attached hydrogens (tertiary/aromatic N) is 2. The second-order valence-electron chi connectivity index (χ2n) is 2.47. The smallest absolute Gasteiger partial charge is 0.254 e. The molecule has 0 saturated carbocycles. The van der Waals surface area contributed by atoms with Crippen molar-refractivity contribution in [3.05, 3.63) is 11.8 Å². The summed E-state index contributed by atoms with van der Waals surface area (Å²) in [5, 5.41) is 6.83. The van der Waals surface area contributed by atoms with Crippen LogP contribution in [0.4, 0.5) is 8.78 Å². The zero-order valence-electron chi connectivity index (χ0n) is 6.35. The van der Waals surface area contributed by atoms with E-state index in [-0.39, 0.29) is 17.7 Å². The first-order valence-electron chi connectivity index (χ1n) is 3.26. The fourth-order valence-corrected chi connectivity index (χ4v) is 0.787. The molecule has 6 heteroatoms. The van der Waals surface area contributed by atoms with Crippen LogP contribution in [0.15, 0.2) is 4.42 Å². The van der Waals surface area contributed by atoms with Crippen LogP contribution in [0.1, 0.15) is 18.7 Å². The van der Waals surface area contributed by atoms with Gasteiger partial charge in [0.05, 0.1) is 6.42 Å². The van der Waals surface area contributed by atoms with E-state index in [2.05, 4.69) is 10.2 Å². The zero-order chi connectivity index (χ0) is 9.19. The van der Waals surface area contributed by atoms with E-state index in [4.69, 9.17) is 16.0 Å². The summed E-state index contributed by atoms with van der Waals surface area (Å²) < 4.78 is 29.5. The summed E-state index contributed by atoms with van der Waals surface area (Å²) in [7, 11) is 0. The lowest BCUT2D eigenvalue weighted by Crippen LogP contribution is -2.13. The largest absolute Gasteiger partial charge is 0.424 e. The molecule has 0 amide bonds. The minimum atomic E-state index is -2.82. The molecule has 0 saturated heterocycles. The minimum Gasteiger partial charge on any atom is -0.424 e. The van der Waals surface area contributed by atoms with E-state index in [1.807, 2.05) is 0 Å². The van der Waals surface area contributed by atoms with Crippen molar-refractivity contribution in [3.63, 3.8) is 0 Å². The predicted octanol–water partition coefficient (Wildman–Crippen LogP) is 2.01. The molecule has 0 aliphatic rings. The quantitative estimate of drug-likeness (QED) is 0.695. The molecule has 0 aliphatic heterocycles. The lowest BCUT2D eigenvalue weighted by Gasteiger charge is -2.04. The third-order valence-corrected chi connectivity index (χ3v) is 1.31. The Morgan fingerprint density at radius 3 is 2.42 bits per heavy atom. The summed E-state index contributed by atoms with van der Waals surface area (Å²) in [6.45, 7) is 0.789. The van der Waals surface area contributed by atoms with Gasteiger partial charge in [-0.3, -0.25) is 0 Å². The van der Waals surface area contributed by atoms with Gasteiger partial charge in [0.15, 0.2) is 0 Å². The molecule has 1 heterocycles. The van der Waals surface area contributed by atoms with Gasteiger partial charge in [-0.2, -0.15) is 0 Å². The third kappa shape index (κ3) is 2.73. The molecule has 0 fully saturated rings. The summed E-state index contributed by atoms with van der Waals surface area (Å²) >= 11 is 5.33. The SMILES string of the molecule is CC(F)(F)Cc1nnc(CCl)o1. The number of rotatable bonds is 3. The molecule has 0 unspecified atom stereocenters. The van der Waals surface area contributed by atoms with Gasteiger partial charge in [0.1, 0.15) is 5.88 Å². The molecule has 0 bridgehead atoms. The highest BCUT2D eigenvalue weighted by Crippen LogP contribution is 2.18. The van der Waals surface area contributed by atoms with Crippen molar-refractivity contribution in [2.24, 2.45) is 0 Å². The lowest BCUT2D eigenvalue weighted by molar-refractivity contribution is 0.0161. The van der Waals surface area contributed by atoms with Gasteiger partial charge in [-0.1, -0.05) is 0 Å². The van der Waals surface area contributed by atoms with Crippen LogP contribution in [0.25, 0.3) is 0 Å². The molecule has 0 spiro atoms. The molecule has 0 aromatic carbocycles. The highest BCUT2D eigenvalue weighted by molar-refractivity contribution is 6.16. The van der Waals surface area contributed by atoms with Crippen LogP contribution in [-0.4, -0.2) is 16.1 Å². The summed E-state index contributed by atoms with van der Waals surface area (Å²) in [6.07, 6.45) is -0.545. The average molecular weight is 197 g/mol. The summed E-state index contributed by atoms with van der Waals surface area (Å²) in [4.78, 5) is 0. The van der Waals surface area contributed by atoms with Gasteiger partial charge < -0.3 is 4.42 Å². The number of hydrogen-bond donors (Lipinski definition) is 0. The van der Waals surface area contributed by atoms with Crippen LogP contribution >= 0.6 is 11.6 Å². The van der Waals surface area contributed by atoms with Crippen molar-refractivity contribution in [3.8, 4) is 0 Å². The van der Waals surface area contributed by atoms with E-state index in [0.717, 1.165) is 6.92 Å². The second kappa shape index (κ2) is 3.35. The molecular weight excluding hydrogens is 190 g/mol. The summed E-state index contributed by atoms with van der Waals surface area (Å²) in [6, 6.07) is 0. The van der Waals surface area contributed by atoms with Crippen molar-refractivity contribution in [1.29, 1.82) is 0 Å². The van der Waals surface area contributed by atoms with Crippen LogP contribution in [0.2, 0.25) is 0 Å². The van der Waals surface area contributed by atoms with E-state index in [1.54, 1.807) is 0 Å². The summed E-state index contributed by atoms with van der Waals surface area (Å²) in [5.41, 5.74) is 0. The Kier molecular flexibility index (Phi) is 2.62. The molecule has 0 radical (unpaired) electrons. The van der Waals surface area contributed by atoms with Crippen LogP contribution in [0.3, 0.4) is 0 Å². The van der Waals surface area contributed by atoms with Crippen molar-refractivity contribution in [2.45, 2.75) is 25.1 Å². The maximum Gasteiger partial charge on any atom is 0.254 e. The third-order valence-electron chi connectivity index (χ3n) is 1.08. The lowest BCUT2D eigenvalue weighted by atomic mass is 10.3. The molecule has 12 heavy (non-hydrogen) atoms. The van der Waals surface area contributed by atoms with E-state index < -0.39 is 12.3 Å².